The Hall–Kier alpha value is -0.160. The molecule has 0 radical (unpaired) electrons. The van der Waals surface area contributed by atoms with Crippen LogP contribution < -0.4 is 0 Å². The normalized spacial score (nSPS) is 49.2. The minimum absolute atomic E-state index is 0.453. The predicted octanol–water partition coefficient (Wildman–Crippen LogP) is -0.553. The average Bonchev–Trinajstić information content (AvgIpc) is 1.84. The number of rotatable bonds is 0. The van der Waals surface area contributed by atoms with E-state index in [1.807, 2.05) is 0 Å². The van der Waals surface area contributed by atoms with E-state index >= 15 is 0 Å². The molecular weight excluding hydrogens is 136 g/mol. The molecule has 2 N–H and O–H groups in total. The zero-order chi connectivity index (χ0) is 7.72. The van der Waals surface area contributed by atoms with Gasteiger partial charge in [0.05, 0.1) is 0 Å². The first-order chi connectivity index (χ1) is 4.61. The Bertz CT molecular complexity index is 90.3. The van der Waals surface area contributed by atoms with E-state index in [1.165, 1.54) is 0 Å². The molecule has 0 saturated carbocycles. The highest BCUT2D eigenvalue weighted by Gasteiger charge is 2.31. The average molecular weight is 148 g/mol. The summed E-state index contributed by atoms with van der Waals surface area (Å²) in [6.45, 7) is 3.28. The molecule has 10 heavy (non-hydrogen) atoms. The number of hydrogen-bond acceptors (Lipinski definition) is 4. The van der Waals surface area contributed by atoms with E-state index in [4.69, 9.17) is 19.7 Å². The van der Waals surface area contributed by atoms with Gasteiger partial charge >= 0.3 is 0 Å². The van der Waals surface area contributed by atoms with Gasteiger partial charge in [0, 0.05) is 0 Å². The van der Waals surface area contributed by atoms with Crippen LogP contribution in [0.25, 0.3) is 0 Å². The van der Waals surface area contributed by atoms with Crippen molar-refractivity contribution >= 4 is 0 Å². The SMILES string of the molecule is CC1OC(O)C(C)OC1O. The third-order valence-corrected chi connectivity index (χ3v) is 1.51. The molecule has 0 amide bonds. The molecule has 0 aromatic rings. The lowest BCUT2D eigenvalue weighted by atomic mass is 10.3. The van der Waals surface area contributed by atoms with Crippen LogP contribution in [-0.2, 0) is 9.47 Å². The molecule has 1 fully saturated rings. The number of aliphatic hydroxyl groups excluding tert-OH is 2. The maximum absolute atomic E-state index is 9.01. The summed E-state index contributed by atoms with van der Waals surface area (Å²) >= 11 is 0. The van der Waals surface area contributed by atoms with Crippen molar-refractivity contribution < 1.29 is 19.7 Å². The Kier molecular flexibility index (Phi) is 2.25. The molecule has 1 heterocycles. The van der Waals surface area contributed by atoms with E-state index in [2.05, 4.69) is 0 Å². The van der Waals surface area contributed by atoms with Crippen molar-refractivity contribution in [2.75, 3.05) is 0 Å². The molecule has 4 heteroatoms. The van der Waals surface area contributed by atoms with Gasteiger partial charge in [-0.25, -0.2) is 0 Å². The van der Waals surface area contributed by atoms with Gasteiger partial charge in [-0.1, -0.05) is 0 Å². The maximum atomic E-state index is 9.01. The molecule has 0 aromatic carbocycles. The lowest BCUT2D eigenvalue weighted by molar-refractivity contribution is -0.322. The summed E-state index contributed by atoms with van der Waals surface area (Å²) in [6.07, 6.45) is -2.74. The largest absolute Gasteiger partial charge is 0.366 e. The summed E-state index contributed by atoms with van der Waals surface area (Å²) in [5, 5.41) is 18.0. The van der Waals surface area contributed by atoms with Crippen molar-refractivity contribution in [3.63, 3.8) is 0 Å². The van der Waals surface area contributed by atoms with E-state index in [1.54, 1.807) is 13.8 Å². The Morgan fingerprint density at radius 3 is 1.50 bits per heavy atom. The number of hydrogen-bond donors (Lipinski definition) is 2. The molecule has 60 valence electrons. The van der Waals surface area contributed by atoms with Crippen LogP contribution in [0.1, 0.15) is 13.8 Å². The van der Waals surface area contributed by atoms with Crippen molar-refractivity contribution in [3.05, 3.63) is 0 Å². The molecule has 1 aliphatic heterocycles. The zero-order valence-electron chi connectivity index (χ0n) is 6.02. The van der Waals surface area contributed by atoms with Crippen molar-refractivity contribution in [2.24, 2.45) is 0 Å². The fraction of sp³-hybridized carbons (Fsp3) is 1.00. The van der Waals surface area contributed by atoms with Crippen molar-refractivity contribution in [1.29, 1.82) is 0 Å². The Morgan fingerprint density at radius 2 is 1.20 bits per heavy atom. The van der Waals surface area contributed by atoms with E-state index in [9.17, 15) is 0 Å². The molecule has 1 saturated heterocycles. The monoisotopic (exact) mass is 148 g/mol. The van der Waals surface area contributed by atoms with Crippen LogP contribution in [0.4, 0.5) is 0 Å². The fourth-order valence-electron chi connectivity index (χ4n) is 0.796. The van der Waals surface area contributed by atoms with Crippen LogP contribution in [0, 0.1) is 0 Å². The second-order valence-electron chi connectivity index (χ2n) is 2.46. The summed E-state index contributed by atoms with van der Waals surface area (Å²) in [5.74, 6) is 0. The van der Waals surface area contributed by atoms with Crippen LogP contribution in [0.2, 0.25) is 0 Å². The highest BCUT2D eigenvalue weighted by molar-refractivity contribution is 4.66. The summed E-state index contributed by atoms with van der Waals surface area (Å²) in [4.78, 5) is 0. The van der Waals surface area contributed by atoms with Gasteiger partial charge in [0.15, 0.2) is 12.6 Å². The Labute approximate surface area is 59.4 Å². The predicted molar refractivity (Wildman–Crippen MR) is 33.1 cm³/mol. The first-order valence-electron chi connectivity index (χ1n) is 3.28. The maximum Gasteiger partial charge on any atom is 0.181 e. The summed E-state index contributed by atoms with van der Waals surface area (Å²) in [5.41, 5.74) is 0. The lowest BCUT2D eigenvalue weighted by Gasteiger charge is -2.33. The molecule has 4 atom stereocenters. The van der Waals surface area contributed by atoms with Gasteiger partial charge in [-0.3, -0.25) is 0 Å². The van der Waals surface area contributed by atoms with Gasteiger partial charge in [-0.15, -0.1) is 0 Å². The molecule has 0 spiro atoms. The third kappa shape index (κ3) is 1.46. The summed E-state index contributed by atoms with van der Waals surface area (Å²) in [6, 6.07) is 0. The van der Waals surface area contributed by atoms with Crippen LogP contribution in [0.15, 0.2) is 0 Å². The molecule has 4 unspecified atom stereocenters. The first kappa shape index (κ1) is 7.94. The number of ether oxygens (including phenoxy) is 2. The minimum atomic E-state index is -0.918. The van der Waals surface area contributed by atoms with Crippen LogP contribution in [0.5, 0.6) is 0 Å². The minimum Gasteiger partial charge on any atom is -0.366 e. The molecular formula is C6H12O4. The topological polar surface area (TPSA) is 58.9 Å². The molecule has 0 aromatic heterocycles. The van der Waals surface area contributed by atoms with Crippen LogP contribution in [-0.4, -0.2) is 35.0 Å². The van der Waals surface area contributed by atoms with E-state index in [0.717, 1.165) is 0 Å². The smallest absolute Gasteiger partial charge is 0.181 e. The van der Waals surface area contributed by atoms with Gasteiger partial charge < -0.3 is 19.7 Å². The van der Waals surface area contributed by atoms with Crippen molar-refractivity contribution in [2.45, 2.75) is 38.6 Å². The highest BCUT2D eigenvalue weighted by atomic mass is 16.7. The second-order valence-corrected chi connectivity index (χ2v) is 2.46. The molecule has 1 aliphatic rings. The van der Waals surface area contributed by atoms with E-state index in [-0.39, 0.29) is 0 Å². The molecule has 0 bridgehead atoms. The highest BCUT2D eigenvalue weighted by Crippen LogP contribution is 2.16. The van der Waals surface area contributed by atoms with Crippen molar-refractivity contribution in [1.82, 2.24) is 0 Å². The van der Waals surface area contributed by atoms with E-state index < -0.39 is 24.8 Å². The first-order valence-corrected chi connectivity index (χ1v) is 3.28. The van der Waals surface area contributed by atoms with Gasteiger partial charge in [0.25, 0.3) is 0 Å². The number of aliphatic hydroxyl groups is 2. The van der Waals surface area contributed by atoms with Crippen molar-refractivity contribution in [3.8, 4) is 0 Å². The van der Waals surface area contributed by atoms with Gasteiger partial charge in [0.2, 0.25) is 0 Å². The lowest BCUT2D eigenvalue weighted by Crippen LogP contribution is -2.46. The van der Waals surface area contributed by atoms with Crippen LogP contribution in [0.3, 0.4) is 0 Å². The van der Waals surface area contributed by atoms with Crippen LogP contribution >= 0.6 is 0 Å². The quantitative estimate of drug-likeness (QED) is 0.483. The Morgan fingerprint density at radius 1 is 0.900 bits per heavy atom. The second kappa shape index (κ2) is 2.84. The third-order valence-electron chi connectivity index (χ3n) is 1.51. The summed E-state index contributed by atoms with van der Waals surface area (Å²) < 4.78 is 9.78. The molecule has 1 rings (SSSR count). The van der Waals surface area contributed by atoms with Gasteiger partial charge in [0.1, 0.15) is 12.2 Å². The van der Waals surface area contributed by atoms with Gasteiger partial charge in [-0.2, -0.15) is 0 Å². The standard InChI is InChI=1S/C6H12O4/c1-3-5(7)10-4(2)6(8)9-3/h3-8H,1-2H3. The van der Waals surface area contributed by atoms with E-state index in [0.29, 0.717) is 0 Å². The molecule has 4 nitrogen and oxygen atoms in total. The zero-order valence-corrected chi connectivity index (χ0v) is 6.02. The van der Waals surface area contributed by atoms with Gasteiger partial charge in [-0.05, 0) is 13.8 Å². The summed E-state index contributed by atoms with van der Waals surface area (Å²) in [7, 11) is 0. The Balaban J connectivity index is 2.46. The molecule has 0 aliphatic carbocycles. The fourth-order valence-corrected chi connectivity index (χ4v) is 0.796.